The van der Waals surface area contributed by atoms with E-state index < -0.39 is 44.7 Å². The van der Waals surface area contributed by atoms with Crippen LogP contribution in [0.3, 0.4) is 0 Å². The predicted octanol–water partition coefficient (Wildman–Crippen LogP) is 7.28. The molecule has 0 bridgehead atoms. The van der Waals surface area contributed by atoms with Crippen molar-refractivity contribution in [2.75, 3.05) is 13.2 Å². The van der Waals surface area contributed by atoms with Crippen LogP contribution in [0.15, 0.2) is 52.9 Å². The number of hydrogen-bond acceptors (Lipinski definition) is 6. The second-order valence-corrected chi connectivity index (χ2v) is 16.8. The first kappa shape index (κ1) is 38.1. The lowest BCUT2D eigenvalue weighted by Gasteiger charge is -2.25. The molecule has 2 saturated carbocycles. The molecule has 2 aromatic rings. The zero-order valence-electron chi connectivity index (χ0n) is 27.0. The zero-order valence-corrected chi connectivity index (χ0v) is 28.6. The summed E-state index contributed by atoms with van der Waals surface area (Å²) in [6.07, 6.45) is 4.54. The summed E-state index contributed by atoms with van der Waals surface area (Å²) in [5, 5.41) is 0. The lowest BCUT2D eigenvalue weighted by molar-refractivity contribution is -0.0505. The van der Waals surface area contributed by atoms with Gasteiger partial charge in [0.25, 0.3) is 0 Å². The molecule has 0 unspecified atom stereocenters. The van der Waals surface area contributed by atoms with Crippen molar-refractivity contribution in [2.45, 2.75) is 108 Å². The molecular weight excluding hydrogens is 648 g/mol. The molecule has 2 aliphatic carbocycles. The van der Waals surface area contributed by atoms with Gasteiger partial charge in [0.1, 0.15) is 22.5 Å². The van der Waals surface area contributed by atoms with Crippen LogP contribution in [0.2, 0.25) is 0 Å². The molecule has 8 nitrogen and oxygen atoms in total. The van der Waals surface area contributed by atoms with Crippen molar-refractivity contribution < 1.29 is 44.9 Å². The minimum Gasteiger partial charge on any atom is -0.435 e. The van der Waals surface area contributed by atoms with Crippen molar-refractivity contribution in [2.24, 2.45) is 4.40 Å². The van der Waals surface area contributed by atoms with Gasteiger partial charge in [-0.05, 0) is 97.1 Å². The highest BCUT2D eigenvalue weighted by molar-refractivity contribution is 7.85. The van der Waals surface area contributed by atoms with Crippen LogP contribution in [0.5, 0.6) is 11.5 Å². The summed E-state index contributed by atoms with van der Waals surface area (Å²) >= 11 is 0. The summed E-state index contributed by atoms with van der Waals surface area (Å²) in [5.74, 6) is 0.121. The van der Waals surface area contributed by atoms with Crippen molar-refractivity contribution in [1.29, 1.82) is 0 Å². The third kappa shape index (κ3) is 14.2. The van der Waals surface area contributed by atoms with E-state index in [2.05, 4.69) is 18.6 Å². The molecular formula is C32H44F4N2O6S2. The predicted molar refractivity (Wildman–Crippen MR) is 172 cm³/mol. The van der Waals surface area contributed by atoms with Crippen LogP contribution in [0.25, 0.3) is 0 Å². The fourth-order valence-corrected chi connectivity index (χ4v) is 5.01. The number of benzene rings is 2. The largest absolute Gasteiger partial charge is 0.435 e. The molecule has 0 heterocycles. The lowest BCUT2D eigenvalue weighted by Crippen LogP contribution is -2.37. The summed E-state index contributed by atoms with van der Waals surface area (Å²) in [6, 6.07) is 12.3. The highest BCUT2D eigenvalue weighted by atomic mass is 32.2. The summed E-state index contributed by atoms with van der Waals surface area (Å²) in [5.41, 5.74) is 1.76. The average Bonchev–Trinajstić information content (AvgIpc) is 3.88. The molecule has 0 aromatic heterocycles. The smallest absolute Gasteiger partial charge is 0.387 e. The Morgan fingerprint density at radius 3 is 1.89 bits per heavy atom. The first-order chi connectivity index (χ1) is 21.5. The average molecular weight is 693 g/mol. The molecule has 3 atom stereocenters. The molecule has 1 N–H and O–H groups in total. The van der Waals surface area contributed by atoms with E-state index in [4.69, 9.17) is 9.47 Å². The molecule has 4 rings (SSSR count). The minimum absolute atomic E-state index is 0.0400. The monoisotopic (exact) mass is 692 g/mol. The normalized spacial score (nSPS) is 17.7. The van der Waals surface area contributed by atoms with Crippen LogP contribution in [0.4, 0.5) is 17.6 Å². The SMILES string of the molecule is CC(C)(C)[S@@](=O)N=C(COC1CC1)c1cccc(OC(F)F)c1.CC(C)(C)[S@@](=O)N[C@@H](COC1CC1)c1cccc(OC(F)F)c1. The number of nitrogens with zero attached hydrogens (tertiary/aromatic N) is 1. The van der Waals surface area contributed by atoms with E-state index in [9.17, 15) is 26.0 Å². The van der Waals surface area contributed by atoms with E-state index in [0.29, 0.717) is 23.4 Å². The van der Waals surface area contributed by atoms with Gasteiger partial charge in [-0.2, -0.15) is 22.0 Å². The highest BCUT2D eigenvalue weighted by Crippen LogP contribution is 2.28. The fourth-order valence-electron chi connectivity index (χ4n) is 3.56. The Bertz CT molecular complexity index is 1340. The molecule has 0 spiro atoms. The molecule has 2 fully saturated rings. The van der Waals surface area contributed by atoms with Crippen molar-refractivity contribution in [3.05, 3.63) is 59.7 Å². The van der Waals surface area contributed by atoms with Gasteiger partial charge in [0.05, 0.1) is 57.7 Å². The molecule has 0 radical (unpaired) electrons. The van der Waals surface area contributed by atoms with Crippen LogP contribution in [-0.2, 0) is 31.4 Å². The van der Waals surface area contributed by atoms with Gasteiger partial charge in [-0.3, -0.25) is 0 Å². The zero-order chi connectivity index (χ0) is 34.1. The van der Waals surface area contributed by atoms with Gasteiger partial charge in [0.2, 0.25) is 0 Å². The Balaban J connectivity index is 0.000000250. The van der Waals surface area contributed by atoms with Gasteiger partial charge >= 0.3 is 13.2 Å². The van der Waals surface area contributed by atoms with E-state index in [1.54, 1.807) is 24.3 Å². The van der Waals surface area contributed by atoms with Crippen molar-refractivity contribution in [1.82, 2.24) is 4.72 Å². The number of alkyl halides is 4. The summed E-state index contributed by atoms with van der Waals surface area (Å²) in [7, 11) is -2.76. The molecule has 46 heavy (non-hydrogen) atoms. The third-order valence-corrected chi connectivity index (χ3v) is 9.45. The van der Waals surface area contributed by atoms with Crippen LogP contribution >= 0.6 is 0 Å². The maximum atomic E-state index is 12.4. The molecule has 2 aromatic carbocycles. The molecule has 258 valence electrons. The summed E-state index contributed by atoms with van der Waals surface area (Å²) in [4.78, 5) is 0. The van der Waals surface area contributed by atoms with Crippen LogP contribution < -0.4 is 14.2 Å². The highest BCUT2D eigenvalue weighted by Gasteiger charge is 2.28. The molecule has 14 heteroatoms. The van der Waals surface area contributed by atoms with E-state index in [-0.39, 0.29) is 36.4 Å². The number of halogens is 4. The maximum absolute atomic E-state index is 12.4. The van der Waals surface area contributed by atoms with Crippen LogP contribution in [0.1, 0.15) is 84.4 Å². The van der Waals surface area contributed by atoms with E-state index >= 15 is 0 Å². The first-order valence-corrected chi connectivity index (χ1v) is 17.3. The number of nitrogens with one attached hydrogen (secondary N) is 1. The maximum Gasteiger partial charge on any atom is 0.387 e. The third-order valence-electron chi connectivity index (χ3n) is 6.40. The fraction of sp³-hybridized carbons (Fsp3) is 0.594. The second-order valence-electron chi connectivity index (χ2n) is 12.9. The number of hydrogen-bond donors (Lipinski definition) is 1. The molecule has 0 saturated heterocycles. The first-order valence-electron chi connectivity index (χ1n) is 15.0. The van der Waals surface area contributed by atoms with E-state index in [1.165, 1.54) is 24.3 Å². The Labute approximate surface area is 273 Å². The molecule has 2 aliphatic rings. The minimum atomic E-state index is -2.89. The number of ether oxygens (including phenoxy) is 4. The Morgan fingerprint density at radius 1 is 0.826 bits per heavy atom. The van der Waals surface area contributed by atoms with Crippen molar-refractivity contribution in [3.8, 4) is 11.5 Å². The molecule has 0 aliphatic heterocycles. The van der Waals surface area contributed by atoms with Gasteiger partial charge < -0.3 is 18.9 Å². The Kier molecular flexibility index (Phi) is 14.2. The van der Waals surface area contributed by atoms with Gasteiger partial charge in [0.15, 0.2) is 0 Å². The van der Waals surface area contributed by atoms with Crippen LogP contribution in [-0.4, -0.2) is 62.3 Å². The van der Waals surface area contributed by atoms with Gasteiger partial charge in [-0.25, -0.2) is 13.1 Å². The van der Waals surface area contributed by atoms with Crippen molar-refractivity contribution in [3.63, 3.8) is 0 Å². The van der Waals surface area contributed by atoms with Crippen molar-refractivity contribution >= 4 is 27.7 Å². The second kappa shape index (κ2) is 17.1. The summed E-state index contributed by atoms with van der Waals surface area (Å²) in [6.45, 7) is 5.84. The van der Waals surface area contributed by atoms with Gasteiger partial charge in [0, 0.05) is 5.56 Å². The van der Waals surface area contributed by atoms with Gasteiger partial charge in [-0.1, -0.05) is 24.3 Å². The van der Waals surface area contributed by atoms with Gasteiger partial charge in [-0.15, -0.1) is 0 Å². The topological polar surface area (TPSA) is 95.5 Å². The quantitative estimate of drug-likeness (QED) is 0.156. The van der Waals surface area contributed by atoms with E-state index in [0.717, 1.165) is 25.7 Å². The Morgan fingerprint density at radius 2 is 1.37 bits per heavy atom. The van der Waals surface area contributed by atoms with E-state index in [1.807, 2.05) is 41.5 Å². The van der Waals surface area contributed by atoms with Crippen LogP contribution in [0, 0.1) is 0 Å². The summed E-state index contributed by atoms with van der Waals surface area (Å²) < 4.78 is 101. The standard InChI is InChI=1S/C16H23F2NO3S.C16H21F2NO3S/c2*1-16(2,3)23(20)19-14(10-21-12-7-8-12)11-5-4-6-13(9-11)22-15(17)18/h4-6,9,12,14-15,19H,7-8,10H2,1-3H3;4-6,9,12,15H,7-8,10H2,1-3H3/t14-,23+;23-/m01/s1. The number of rotatable bonds is 15. The molecule has 0 amide bonds. The lowest BCUT2D eigenvalue weighted by atomic mass is 10.1. The Hall–Kier alpha value is -2.39.